The molecule has 0 aliphatic rings. The third-order valence-electron chi connectivity index (χ3n) is 11.6. The van der Waals surface area contributed by atoms with Crippen molar-refractivity contribution in [3.05, 3.63) is 97.2 Å². The average Bonchev–Trinajstić information content (AvgIpc) is 3.33. The lowest BCUT2D eigenvalue weighted by Crippen LogP contribution is -2.30. The number of esters is 3. The van der Waals surface area contributed by atoms with Crippen LogP contribution in [0, 0.1) is 0 Å². The number of carbonyl (C=O) groups is 3. The first-order chi connectivity index (χ1) is 33.0. The molecule has 0 amide bonds. The van der Waals surface area contributed by atoms with Gasteiger partial charge >= 0.3 is 17.9 Å². The van der Waals surface area contributed by atoms with Gasteiger partial charge in [0, 0.05) is 19.3 Å². The van der Waals surface area contributed by atoms with Crippen LogP contribution in [0.3, 0.4) is 0 Å². The van der Waals surface area contributed by atoms with Crippen molar-refractivity contribution in [3.63, 3.8) is 0 Å². The highest BCUT2D eigenvalue weighted by Crippen LogP contribution is 2.15. The van der Waals surface area contributed by atoms with Crippen LogP contribution in [0.4, 0.5) is 0 Å². The fourth-order valence-corrected chi connectivity index (χ4v) is 7.51. The molecule has 67 heavy (non-hydrogen) atoms. The Balaban J connectivity index is 4.41. The van der Waals surface area contributed by atoms with Crippen LogP contribution in [0.2, 0.25) is 0 Å². The van der Waals surface area contributed by atoms with Gasteiger partial charge in [0.05, 0.1) is 0 Å². The second kappa shape index (κ2) is 54.9. The van der Waals surface area contributed by atoms with Gasteiger partial charge in [0.15, 0.2) is 6.10 Å². The second-order valence-corrected chi connectivity index (χ2v) is 18.2. The van der Waals surface area contributed by atoms with Gasteiger partial charge in [-0.1, -0.05) is 234 Å². The molecule has 0 rings (SSSR count). The summed E-state index contributed by atoms with van der Waals surface area (Å²) in [4.78, 5) is 38.1. The lowest BCUT2D eigenvalue weighted by Gasteiger charge is -2.18. The van der Waals surface area contributed by atoms with Gasteiger partial charge in [-0.2, -0.15) is 0 Å². The molecule has 0 saturated carbocycles. The minimum atomic E-state index is -0.792. The molecule has 0 aliphatic carbocycles. The maximum absolute atomic E-state index is 12.8. The van der Waals surface area contributed by atoms with Gasteiger partial charge in [0.1, 0.15) is 13.2 Å². The number of unbranched alkanes of at least 4 members (excludes halogenated alkanes) is 25. The molecule has 0 radical (unpaired) electrons. The van der Waals surface area contributed by atoms with Gasteiger partial charge in [-0.3, -0.25) is 14.4 Å². The molecule has 1 unspecified atom stereocenters. The quantitative estimate of drug-likeness (QED) is 0.0199. The predicted octanol–water partition coefficient (Wildman–Crippen LogP) is 18.5. The van der Waals surface area contributed by atoms with Gasteiger partial charge in [0.25, 0.3) is 0 Å². The molecule has 1 atom stereocenters. The van der Waals surface area contributed by atoms with E-state index in [2.05, 4.69) is 118 Å². The van der Waals surface area contributed by atoms with E-state index in [1.54, 1.807) is 0 Å². The Bertz CT molecular complexity index is 1350. The summed E-state index contributed by atoms with van der Waals surface area (Å²) in [7, 11) is 0. The van der Waals surface area contributed by atoms with Gasteiger partial charge in [-0.25, -0.2) is 0 Å². The van der Waals surface area contributed by atoms with Crippen LogP contribution < -0.4 is 0 Å². The van der Waals surface area contributed by atoms with E-state index in [1.807, 2.05) is 0 Å². The van der Waals surface area contributed by atoms with Gasteiger partial charge in [-0.15, -0.1) is 0 Å². The number of hydrogen-bond donors (Lipinski definition) is 0. The first kappa shape index (κ1) is 63.3. The Labute approximate surface area is 413 Å². The van der Waals surface area contributed by atoms with Crippen LogP contribution >= 0.6 is 0 Å². The van der Waals surface area contributed by atoms with Crippen molar-refractivity contribution in [1.29, 1.82) is 0 Å². The zero-order chi connectivity index (χ0) is 48.6. The lowest BCUT2D eigenvalue weighted by molar-refractivity contribution is -0.167. The lowest BCUT2D eigenvalue weighted by atomic mass is 10.1. The average molecular weight is 931 g/mol. The standard InChI is InChI=1S/C61H102O6/c1-4-7-10-13-16-19-22-25-28-29-30-31-34-36-39-42-45-48-51-54-60(63)66-57-58(67-61(64)55-52-49-46-43-40-37-33-27-24-21-18-15-12-9-6-3)56-65-59(62)53-50-47-44-41-38-35-32-26-23-20-17-14-11-8-5-2/h7,9-10,12,15-21,23-26,28,58H,4-6,8,11,13-14,22,27,29-57H2,1-3H3/b10-7-,12-9-,18-15-,19-16-,20-17-,24-21-,26-23-,28-25-. The maximum atomic E-state index is 12.8. The zero-order valence-corrected chi connectivity index (χ0v) is 43.6. The summed E-state index contributed by atoms with van der Waals surface area (Å²) in [6.45, 7) is 6.35. The monoisotopic (exact) mass is 931 g/mol. The van der Waals surface area contributed by atoms with E-state index in [-0.39, 0.29) is 31.1 Å². The minimum absolute atomic E-state index is 0.0898. The minimum Gasteiger partial charge on any atom is -0.462 e. The smallest absolute Gasteiger partial charge is 0.306 e. The summed E-state index contributed by atoms with van der Waals surface area (Å²) in [6.07, 6.45) is 72.4. The number of hydrogen-bond acceptors (Lipinski definition) is 6. The number of allylic oxidation sites excluding steroid dienone is 16. The number of rotatable bonds is 49. The van der Waals surface area contributed by atoms with Crippen molar-refractivity contribution >= 4 is 17.9 Å². The van der Waals surface area contributed by atoms with Crippen LogP contribution in [0.25, 0.3) is 0 Å². The summed E-state index contributed by atoms with van der Waals surface area (Å²) < 4.78 is 16.8. The molecule has 0 heterocycles. The van der Waals surface area contributed by atoms with Crippen molar-refractivity contribution in [2.24, 2.45) is 0 Å². The molecular formula is C61H102O6. The molecular weight excluding hydrogens is 829 g/mol. The van der Waals surface area contributed by atoms with Crippen molar-refractivity contribution < 1.29 is 28.6 Å². The van der Waals surface area contributed by atoms with E-state index in [4.69, 9.17) is 14.2 Å². The van der Waals surface area contributed by atoms with Crippen LogP contribution in [0.5, 0.6) is 0 Å². The Hall–Kier alpha value is -3.67. The third-order valence-corrected chi connectivity index (χ3v) is 11.6. The Morgan fingerprint density at radius 1 is 0.328 bits per heavy atom. The maximum Gasteiger partial charge on any atom is 0.306 e. The van der Waals surface area contributed by atoms with Gasteiger partial charge < -0.3 is 14.2 Å². The highest BCUT2D eigenvalue weighted by molar-refractivity contribution is 5.71. The molecule has 0 bridgehead atoms. The fourth-order valence-electron chi connectivity index (χ4n) is 7.51. The van der Waals surface area contributed by atoms with Crippen LogP contribution in [0.15, 0.2) is 97.2 Å². The molecule has 0 aromatic rings. The Kier molecular flexibility index (Phi) is 51.9. The van der Waals surface area contributed by atoms with Gasteiger partial charge in [-0.05, 0) is 96.3 Å². The van der Waals surface area contributed by atoms with Crippen LogP contribution in [-0.2, 0) is 28.6 Å². The predicted molar refractivity (Wildman–Crippen MR) is 288 cm³/mol. The fraction of sp³-hybridized carbons (Fsp3) is 0.689. The molecule has 382 valence electrons. The topological polar surface area (TPSA) is 78.9 Å². The van der Waals surface area contributed by atoms with E-state index in [0.29, 0.717) is 19.3 Å². The summed E-state index contributed by atoms with van der Waals surface area (Å²) >= 11 is 0. The molecule has 0 aliphatic heterocycles. The van der Waals surface area contributed by atoms with E-state index in [1.165, 1.54) is 116 Å². The first-order valence-corrected chi connectivity index (χ1v) is 27.8. The third kappa shape index (κ3) is 53.2. The van der Waals surface area contributed by atoms with Crippen molar-refractivity contribution in [3.8, 4) is 0 Å². The molecule has 0 aromatic carbocycles. The van der Waals surface area contributed by atoms with E-state index >= 15 is 0 Å². The number of ether oxygens (including phenoxy) is 3. The van der Waals surface area contributed by atoms with Gasteiger partial charge in [0.2, 0.25) is 0 Å². The highest BCUT2D eigenvalue weighted by atomic mass is 16.6. The van der Waals surface area contributed by atoms with E-state index in [0.717, 1.165) is 96.3 Å². The Morgan fingerprint density at radius 3 is 1.09 bits per heavy atom. The SMILES string of the molecule is CC\C=C/C=C\C=C/CCCCCCCCCC(=O)OC(COC(=O)CCCCCCCC/C=C\C=C/CCCCC)COC(=O)CCCCCCCCCCC/C=C\C/C=C\C/C=C\CC. The number of carbonyl (C=O) groups excluding carboxylic acids is 3. The van der Waals surface area contributed by atoms with E-state index in [9.17, 15) is 14.4 Å². The highest BCUT2D eigenvalue weighted by Gasteiger charge is 2.19. The Morgan fingerprint density at radius 2 is 0.657 bits per heavy atom. The zero-order valence-electron chi connectivity index (χ0n) is 43.6. The van der Waals surface area contributed by atoms with Crippen LogP contribution in [-0.4, -0.2) is 37.2 Å². The molecule has 0 spiro atoms. The molecule has 0 N–H and O–H groups in total. The summed E-state index contributed by atoms with van der Waals surface area (Å²) in [5, 5.41) is 0. The molecule has 6 heteroatoms. The summed E-state index contributed by atoms with van der Waals surface area (Å²) in [5.41, 5.74) is 0. The van der Waals surface area contributed by atoms with Crippen molar-refractivity contribution in [1.82, 2.24) is 0 Å². The largest absolute Gasteiger partial charge is 0.462 e. The molecule has 0 aromatic heterocycles. The molecule has 6 nitrogen and oxygen atoms in total. The van der Waals surface area contributed by atoms with Crippen molar-refractivity contribution in [2.45, 2.75) is 258 Å². The molecule has 0 fully saturated rings. The first-order valence-electron chi connectivity index (χ1n) is 27.8. The van der Waals surface area contributed by atoms with Crippen LogP contribution in [0.1, 0.15) is 252 Å². The normalized spacial score (nSPS) is 12.8. The van der Waals surface area contributed by atoms with Crippen molar-refractivity contribution in [2.75, 3.05) is 13.2 Å². The second-order valence-electron chi connectivity index (χ2n) is 18.2. The summed E-state index contributed by atoms with van der Waals surface area (Å²) in [5.74, 6) is -0.917. The molecule has 0 saturated heterocycles. The van der Waals surface area contributed by atoms with E-state index < -0.39 is 6.10 Å². The summed E-state index contributed by atoms with van der Waals surface area (Å²) in [6, 6.07) is 0.